The van der Waals surface area contributed by atoms with Crippen molar-refractivity contribution in [3.63, 3.8) is 0 Å². The number of aliphatic hydroxyl groups is 1. The summed E-state index contributed by atoms with van der Waals surface area (Å²) >= 11 is 0. The van der Waals surface area contributed by atoms with Crippen LogP contribution in [0.3, 0.4) is 0 Å². The first-order valence-corrected chi connectivity index (χ1v) is 6.08. The van der Waals surface area contributed by atoms with Crippen LogP contribution in [0.15, 0.2) is 0 Å². The molecule has 1 fully saturated rings. The minimum Gasteiger partial charge on any atom is -0.481 e. The average Bonchev–Trinajstić information content (AvgIpc) is 2.53. The van der Waals surface area contributed by atoms with Crippen LogP contribution in [-0.2, 0) is 13.6 Å². The summed E-state index contributed by atoms with van der Waals surface area (Å²) in [5.74, 6) is 0.822. The van der Waals surface area contributed by atoms with E-state index in [2.05, 4.69) is 10.00 Å². The predicted octanol–water partition coefficient (Wildman–Crippen LogP) is 0.694. The minimum absolute atomic E-state index is 0.188. The summed E-state index contributed by atoms with van der Waals surface area (Å²) in [6.07, 6.45) is 1.79. The largest absolute Gasteiger partial charge is 0.481 e. The molecule has 0 bridgehead atoms. The van der Waals surface area contributed by atoms with Gasteiger partial charge in [-0.05, 0) is 26.3 Å². The van der Waals surface area contributed by atoms with Crippen molar-refractivity contribution in [2.24, 2.45) is 7.05 Å². The van der Waals surface area contributed by atoms with E-state index in [1.807, 2.05) is 14.0 Å². The molecule has 1 aromatic rings. The SMILES string of the molecule is COc1c(CN2CCCC(O)C2)c(C)nn1C. The van der Waals surface area contributed by atoms with Gasteiger partial charge in [0.1, 0.15) is 0 Å². The number of methoxy groups -OCH3 is 1. The van der Waals surface area contributed by atoms with Gasteiger partial charge in [-0.2, -0.15) is 5.10 Å². The van der Waals surface area contributed by atoms with Crippen molar-refractivity contribution in [1.29, 1.82) is 0 Å². The van der Waals surface area contributed by atoms with E-state index in [0.717, 1.165) is 49.6 Å². The van der Waals surface area contributed by atoms with E-state index in [4.69, 9.17) is 4.74 Å². The molecule has 0 spiro atoms. The van der Waals surface area contributed by atoms with E-state index in [0.29, 0.717) is 0 Å². The summed E-state index contributed by atoms with van der Waals surface area (Å²) in [7, 11) is 3.56. The van der Waals surface area contributed by atoms with Gasteiger partial charge in [0.15, 0.2) is 0 Å². The molecule has 0 aliphatic carbocycles. The molecule has 5 heteroatoms. The zero-order valence-corrected chi connectivity index (χ0v) is 10.8. The van der Waals surface area contributed by atoms with E-state index >= 15 is 0 Å². The molecular formula is C12H21N3O2. The van der Waals surface area contributed by atoms with Gasteiger partial charge in [-0.15, -0.1) is 0 Å². The van der Waals surface area contributed by atoms with E-state index < -0.39 is 0 Å². The van der Waals surface area contributed by atoms with Crippen molar-refractivity contribution >= 4 is 0 Å². The standard InChI is InChI=1S/C12H21N3O2/c1-9-11(12(17-3)14(2)13-9)8-15-6-4-5-10(16)7-15/h10,16H,4-8H2,1-3H3. The van der Waals surface area contributed by atoms with E-state index in [9.17, 15) is 5.11 Å². The molecule has 0 amide bonds. The lowest BCUT2D eigenvalue weighted by atomic mass is 10.1. The van der Waals surface area contributed by atoms with E-state index in [1.54, 1.807) is 11.8 Å². The number of hydrogen-bond donors (Lipinski definition) is 1. The highest BCUT2D eigenvalue weighted by Crippen LogP contribution is 2.24. The Morgan fingerprint density at radius 1 is 1.53 bits per heavy atom. The minimum atomic E-state index is -0.188. The topological polar surface area (TPSA) is 50.5 Å². The first kappa shape index (κ1) is 12.4. The lowest BCUT2D eigenvalue weighted by molar-refractivity contribution is 0.0663. The van der Waals surface area contributed by atoms with Crippen molar-refractivity contribution in [3.8, 4) is 5.88 Å². The molecule has 0 radical (unpaired) electrons. The number of nitrogens with zero attached hydrogens (tertiary/aromatic N) is 3. The molecule has 1 aliphatic rings. The second-order valence-corrected chi connectivity index (χ2v) is 4.73. The van der Waals surface area contributed by atoms with Gasteiger partial charge in [-0.3, -0.25) is 4.90 Å². The van der Waals surface area contributed by atoms with Gasteiger partial charge in [-0.25, -0.2) is 4.68 Å². The number of piperidine rings is 1. The molecule has 0 saturated carbocycles. The maximum atomic E-state index is 9.66. The Morgan fingerprint density at radius 3 is 2.94 bits per heavy atom. The third kappa shape index (κ3) is 2.61. The Labute approximate surface area is 102 Å². The Morgan fingerprint density at radius 2 is 2.29 bits per heavy atom. The number of rotatable bonds is 3. The Bertz CT molecular complexity index is 389. The van der Waals surface area contributed by atoms with Crippen molar-refractivity contribution in [3.05, 3.63) is 11.3 Å². The zero-order chi connectivity index (χ0) is 12.4. The predicted molar refractivity (Wildman–Crippen MR) is 65.0 cm³/mol. The number of likely N-dealkylation sites (tertiary alicyclic amines) is 1. The fourth-order valence-electron chi connectivity index (χ4n) is 2.52. The normalized spacial score (nSPS) is 21.8. The van der Waals surface area contributed by atoms with Gasteiger partial charge < -0.3 is 9.84 Å². The molecule has 1 aromatic heterocycles. The van der Waals surface area contributed by atoms with Crippen LogP contribution in [0.1, 0.15) is 24.1 Å². The first-order chi connectivity index (χ1) is 8.11. The Kier molecular flexibility index (Phi) is 3.69. The van der Waals surface area contributed by atoms with Gasteiger partial charge in [0.2, 0.25) is 5.88 Å². The molecule has 2 heterocycles. The van der Waals surface area contributed by atoms with Crippen molar-refractivity contribution in [2.75, 3.05) is 20.2 Å². The van der Waals surface area contributed by atoms with Gasteiger partial charge in [0.25, 0.3) is 0 Å². The zero-order valence-electron chi connectivity index (χ0n) is 10.8. The average molecular weight is 239 g/mol. The molecular weight excluding hydrogens is 218 g/mol. The highest BCUT2D eigenvalue weighted by molar-refractivity contribution is 5.30. The van der Waals surface area contributed by atoms with Crippen molar-refractivity contribution < 1.29 is 9.84 Å². The summed E-state index contributed by atoms with van der Waals surface area (Å²) in [6.45, 7) is 4.59. The van der Waals surface area contributed by atoms with Crippen LogP contribution < -0.4 is 4.74 Å². The van der Waals surface area contributed by atoms with Gasteiger partial charge in [-0.1, -0.05) is 0 Å². The fraction of sp³-hybridized carbons (Fsp3) is 0.750. The van der Waals surface area contributed by atoms with Gasteiger partial charge >= 0.3 is 0 Å². The van der Waals surface area contributed by atoms with Crippen LogP contribution in [0.5, 0.6) is 5.88 Å². The van der Waals surface area contributed by atoms with E-state index in [-0.39, 0.29) is 6.10 Å². The lowest BCUT2D eigenvalue weighted by Crippen LogP contribution is -2.37. The third-order valence-corrected chi connectivity index (χ3v) is 3.34. The van der Waals surface area contributed by atoms with Gasteiger partial charge in [0.05, 0.1) is 24.5 Å². The number of β-amino-alcohol motifs (C(OH)–C–C–N with tert-alkyl or cyclic N) is 1. The maximum Gasteiger partial charge on any atom is 0.216 e. The van der Waals surface area contributed by atoms with Crippen molar-refractivity contribution in [1.82, 2.24) is 14.7 Å². The van der Waals surface area contributed by atoms with Crippen LogP contribution >= 0.6 is 0 Å². The summed E-state index contributed by atoms with van der Waals surface area (Å²) in [4.78, 5) is 2.26. The van der Waals surface area contributed by atoms with Gasteiger partial charge in [0, 0.05) is 20.1 Å². The summed E-state index contributed by atoms with van der Waals surface area (Å²) in [5.41, 5.74) is 2.13. The molecule has 5 nitrogen and oxygen atoms in total. The van der Waals surface area contributed by atoms with E-state index in [1.165, 1.54) is 0 Å². The molecule has 96 valence electrons. The quantitative estimate of drug-likeness (QED) is 0.843. The van der Waals surface area contributed by atoms with Crippen LogP contribution in [0.4, 0.5) is 0 Å². The highest BCUT2D eigenvalue weighted by atomic mass is 16.5. The molecule has 1 saturated heterocycles. The highest BCUT2D eigenvalue weighted by Gasteiger charge is 2.21. The van der Waals surface area contributed by atoms with Crippen molar-refractivity contribution in [2.45, 2.75) is 32.4 Å². The molecule has 1 N–H and O–H groups in total. The molecule has 0 aromatic carbocycles. The smallest absolute Gasteiger partial charge is 0.216 e. The lowest BCUT2D eigenvalue weighted by Gasteiger charge is -2.29. The molecule has 17 heavy (non-hydrogen) atoms. The second kappa shape index (κ2) is 5.06. The molecule has 1 atom stereocenters. The van der Waals surface area contributed by atoms with Crippen LogP contribution in [0, 0.1) is 6.92 Å². The molecule has 1 aliphatic heterocycles. The molecule has 2 rings (SSSR count). The Hall–Kier alpha value is -1.07. The fourth-order valence-corrected chi connectivity index (χ4v) is 2.52. The second-order valence-electron chi connectivity index (χ2n) is 4.73. The number of aliphatic hydroxyl groups excluding tert-OH is 1. The number of aromatic nitrogens is 2. The summed E-state index contributed by atoms with van der Waals surface area (Å²) in [5, 5.41) is 14.0. The van der Waals surface area contributed by atoms with Crippen LogP contribution in [0.2, 0.25) is 0 Å². The van der Waals surface area contributed by atoms with Crippen LogP contribution in [0.25, 0.3) is 0 Å². The van der Waals surface area contributed by atoms with Crippen LogP contribution in [-0.4, -0.2) is 46.1 Å². The number of hydrogen-bond acceptors (Lipinski definition) is 4. The maximum absolute atomic E-state index is 9.66. The number of aryl methyl sites for hydroxylation is 2. The Balaban J connectivity index is 2.12. The third-order valence-electron chi connectivity index (χ3n) is 3.34. The monoisotopic (exact) mass is 239 g/mol. The summed E-state index contributed by atoms with van der Waals surface area (Å²) in [6, 6.07) is 0. The first-order valence-electron chi connectivity index (χ1n) is 6.08. The number of ether oxygens (including phenoxy) is 1. The summed E-state index contributed by atoms with van der Waals surface area (Å²) < 4.78 is 7.15. The molecule has 1 unspecified atom stereocenters.